The molecular formula is C18H30N4O3S. The van der Waals surface area contributed by atoms with Crippen LogP contribution >= 0.6 is 0 Å². The molecule has 1 fully saturated rings. The number of primary amides is 1. The number of hydrogen-bond acceptors (Lipinski definition) is 4. The molecule has 1 heterocycles. The quantitative estimate of drug-likeness (QED) is 0.722. The first-order chi connectivity index (χ1) is 12.2. The number of likely N-dealkylation sites (N-methyl/N-ethyl adjacent to an activating group) is 1. The van der Waals surface area contributed by atoms with Crippen LogP contribution in [0.25, 0.3) is 0 Å². The number of rotatable bonds is 8. The van der Waals surface area contributed by atoms with Crippen molar-refractivity contribution in [1.29, 1.82) is 0 Å². The van der Waals surface area contributed by atoms with Crippen LogP contribution in [0.5, 0.6) is 0 Å². The summed E-state index contributed by atoms with van der Waals surface area (Å²) in [5.74, 6) is -0.458. The molecule has 0 aliphatic carbocycles. The van der Waals surface area contributed by atoms with E-state index < -0.39 is 10.2 Å². The lowest BCUT2D eigenvalue weighted by atomic mass is 9.88. The number of carbonyl (C=O) groups excluding carboxylic acids is 1. The average Bonchev–Trinajstić information content (AvgIpc) is 2.98. The van der Waals surface area contributed by atoms with Crippen molar-refractivity contribution in [1.82, 2.24) is 13.5 Å². The highest BCUT2D eigenvalue weighted by molar-refractivity contribution is 7.86. The Bertz CT molecular complexity index is 734. The van der Waals surface area contributed by atoms with E-state index in [1.165, 1.54) is 8.61 Å². The van der Waals surface area contributed by atoms with Crippen molar-refractivity contribution < 1.29 is 13.2 Å². The Labute approximate surface area is 156 Å². The third kappa shape index (κ3) is 4.43. The molecule has 2 N–H and O–H groups in total. The van der Waals surface area contributed by atoms with Crippen molar-refractivity contribution in [3.8, 4) is 0 Å². The zero-order chi connectivity index (χ0) is 19.5. The molecule has 1 aliphatic rings. The molecule has 1 aromatic rings. The van der Waals surface area contributed by atoms with Gasteiger partial charge in [-0.2, -0.15) is 17.0 Å². The largest absolute Gasteiger partial charge is 0.369 e. The van der Waals surface area contributed by atoms with Gasteiger partial charge < -0.3 is 10.6 Å². The third-order valence-electron chi connectivity index (χ3n) is 5.08. The molecule has 26 heavy (non-hydrogen) atoms. The maximum absolute atomic E-state index is 12.6. The van der Waals surface area contributed by atoms with E-state index in [1.807, 2.05) is 45.2 Å². The topological polar surface area (TPSA) is 87.0 Å². The van der Waals surface area contributed by atoms with E-state index in [9.17, 15) is 13.2 Å². The van der Waals surface area contributed by atoms with Crippen molar-refractivity contribution in [3.05, 3.63) is 35.4 Å². The Hall–Kier alpha value is -1.48. The van der Waals surface area contributed by atoms with Gasteiger partial charge in [-0.3, -0.25) is 4.79 Å². The molecule has 7 nitrogen and oxygen atoms in total. The van der Waals surface area contributed by atoms with Crippen LogP contribution < -0.4 is 5.73 Å². The van der Waals surface area contributed by atoms with Crippen LogP contribution in [-0.4, -0.2) is 68.1 Å². The lowest BCUT2D eigenvalue weighted by Gasteiger charge is -2.26. The lowest BCUT2D eigenvalue weighted by molar-refractivity contribution is -0.121. The second-order valence-corrected chi connectivity index (χ2v) is 8.97. The van der Waals surface area contributed by atoms with Gasteiger partial charge in [-0.05, 0) is 18.2 Å². The zero-order valence-electron chi connectivity index (χ0n) is 16.1. The van der Waals surface area contributed by atoms with Gasteiger partial charge in [0.05, 0.1) is 5.92 Å². The van der Waals surface area contributed by atoms with Crippen LogP contribution in [0, 0.1) is 5.92 Å². The van der Waals surface area contributed by atoms with Gasteiger partial charge in [0.2, 0.25) is 5.91 Å². The molecule has 1 saturated heterocycles. The monoisotopic (exact) mass is 382 g/mol. The smallest absolute Gasteiger partial charge is 0.282 e. The Morgan fingerprint density at radius 1 is 1.27 bits per heavy atom. The number of carbonyl (C=O) groups is 1. The van der Waals surface area contributed by atoms with E-state index in [2.05, 4.69) is 4.90 Å². The summed E-state index contributed by atoms with van der Waals surface area (Å²) in [6.45, 7) is 6.25. The van der Waals surface area contributed by atoms with E-state index in [0.29, 0.717) is 19.6 Å². The summed E-state index contributed by atoms with van der Waals surface area (Å²) in [5, 5.41) is 0. The SMILES string of the molecule is CCN(CC)S(=O)(=O)N(C)Cc1cccc([C@H]2CN(C)C[C@@H]2C(N)=O)c1. The van der Waals surface area contributed by atoms with Gasteiger partial charge in [-0.1, -0.05) is 38.1 Å². The van der Waals surface area contributed by atoms with Gasteiger partial charge in [0.25, 0.3) is 10.2 Å². The predicted octanol–water partition coefficient (Wildman–Crippen LogP) is 0.836. The van der Waals surface area contributed by atoms with Crippen molar-refractivity contribution in [2.75, 3.05) is 40.3 Å². The summed E-state index contributed by atoms with van der Waals surface area (Å²) < 4.78 is 28.0. The second kappa shape index (κ2) is 8.47. The summed E-state index contributed by atoms with van der Waals surface area (Å²) in [5.41, 5.74) is 7.50. The second-order valence-electron chi connectivity index (χ2n) is 6.93. The van der Waals surface area contributed by atoms with Crippen molar-refractivity contribution in [3.63, 3.8) is 0 Å². The molecule has 0 aromatic heterocycles. The minimum absolute atomic E-state index is 0.0437. The normalized spacial score (nSPS) is 21.6. The van der Waals surface area contributed by atoms with Gasteiger partial charge in [0.15, 0.2) is 0 Å². The van der Waals surface area contributed by atoms with Crippen molar-refractivity contribution >= 4 is 16.1 Å². The highest BCUT2D eigenvalue weighted by Crippen LogP contribution is 2.32. The number of hydrogen-bond donors (Lipinski definition) is 1. The standard InChI is InChI=1S/C18H30N4O3S/c1-5-22(6-2)26(24,25)21(4)11-14-8-7-9-15(10-14)16-12-20(3)13-17(16)18(19)23/h7-10,16-17H,5-6,11-13H2,1-4H3,(H2,19,23)/t16-,17+/m1/s1. The minimum atomic E-state index is -3.48. The average molecular weight is 383 g/mol. The summed E-state index contributed by atoms with van der Waals surface area (Å²) in [6.07, 6.45) is 0. The predicted molar refractivity (Wildman–Crippen MR) is 103 cm³/mol. The van der Waals surface area contributed by atoms with E-state index in [1.54, 1.807) is 7.05 Å². The Balaban J connectivity index is 2.20. The van der Waals surface area contributed by atoms with Gasteiger partial charge in [-0.25, -0.2) is 0 Å². The maximum atomic E-state index is 12.6. The van der Waals surface area contributed by atoms with Crippen LogP contribution in [0.3, 0.4) is 0 Å². The number of nitrogens with zero attached hydrogens (tertiary/aromatic N) is 3. The molecule has 2 rings (SSSR count). The molecule has 1 amide bonds. The van der Waals surface area contributed by atoms with Gasteiger partial charge in [-0.15, -0.1) is 0 Å². The van der Waals surface area contributed by atoms with Crippen molar-refractivity contribution in [2.45, 2.75) is 26.3 Å². The molecule has 8 heteroatoms. The molecule has 1 aromatic carbocycles. The molecule has 0 radical (unpaired) electrons. The van der Waals surface area contributed by atoms with Gasteiger partial charge in [0, 0.05) is 45.7 Å². The van der Waals surface area contributed by atoms with E-state index in [-0.39, 0.29) is 24.3 Å². The first-order valence-corrected chi connectivity index (χ1v) is 10.4. The van der Waals surface area contributed by atoms with Crippen molar-refractivity contribution in [2.24, 2.45) is 11.7 Å². The fraction of sp³-hybridized carbons (Fsp3) is 0.611. The molecule has 2 atom stereocenters. The van der Waals surface area contributed by atoms with Crippen LogP contribution in [0.2, 0.25) is 0 Å². The number of likely N-dealkylation sites (tertiary alicyclic amines) is 1. The number of benzene rings is 1. The van der Waals surface area contributed by atoms with E-state index in [4.69, 9.17) is 5.73 Å². The molecule has 1 aliphatic heterocycles. The molecule has 0 unspecified atom stereocenters. The van der Waals surface area contributed by atoms with Gasteiger partial charge >= 0.3 is 0 Å². The Kier molecular flexibility index (Phi) is 6.79. The van der Waals surface area contributed by atoms with Crippen LogP contribution in [0.15, 0.2) is 24.3 Å². The minimum Gasteiger partial charge on any atom is -0.369 e. The van der Waals surface area contributed by atoms with E-state index >= 15 is 0 Å². The molecule has 0 spiro atoms. The summed E-state index contributed by atoms with van der Waals surface area (Å²) >= 11 is 0. The highest BCUT2D eigenvalue weighted by Gasteiger charge is 2.35. The van der Waals surface area contributed by atoms with E-state index in [0.717, 1.165) is 17.7 Å². The molecule has 0 saturated carbocycles. The molecule has 0 bridgehead atoms. The maximum Gasteiger partial charge on any atom is 0.282 e. The highest BCUT2D eigenvalue weighted by atomic mass is 32.2. The summed E-state index contributed by atoms with van der Waals surface area (Å²) in [4.78, 5) is 13.9. The number of amides is 1. The van der Waals surface area contributed by atoms with Gasteiger partial charge in [0.1, 0.15) is 0 Å². The summed E-state index contributed by atoms with van der Waals surface area (Å²) in [6, 6.07) is 7.81. The first kappa shape index (κ1) is 20.8. The fourth-order valence-electron chi connectivity index (χ4n) is 3.63. The van der Waals surface area contributed by atoms with Crippen LogP contribution in [-0.2, 0) is 21.5 Å². The lowest BCUT2D eigenvalue weighted by Crippen LogP contribution is -2.41. The van der Waals surface area contributed by atoms with Crippen LogP contribution in [0.4, 0.5) is 0 Å². The molecular weight excluding hydrogens is 352 g/mol. The first-order valence-electron chi connectivity index (χ1n) is 8.98. The molecule has 146 valence electrons. The Morgan fingerprint density at radius 2 is 1.92 bits per heavy atom. The summed E-state index contributed by atoms with van der Waals surface area (Å²) in [7, 11) is 0.0896. The zero-order valence-corrected chi connectivity index (χ0v) is 16.9. The Morgan fingerprint density at radius 3 is 2.50 bits per heavy atom. The van der Waals surface area contributed by atoms with Crippen LogP contribution in [0.1, 0.15) is 30.9 Å². The fourth-order valence-corrected chi connectivity index (χ4v) is 4.99. The third-order valence-corrected chi connectivity index (χ3v) is 7.16. The number of nitrogens with two attached hydrogens (primary N) is 1.